The van der Waals surface area contributed by atoms with Crippen molar-refractivity contribution in [1.29, 1.82) is 0 Å². The first kappa shape index (κ1) is 17.0. The molecule has 122 valence electrons. The van der Waals surface area contributed by atoms with Crippen LogP contribution in [-0.4, -0.2) is 43.6 Å². The molecule has 0 saturated carbocycles. The lowest BCUT2D eigenvalue weighted by Crippen LogP contribution is -2.44. The average Bonchev–Trinajstić information content (AvgIpc) is 2.55. The number of rotatable bonds is 6. The Labute approximate surface area is 133 Å². The van der Waals surface area contributed by atoms with Gasteiger partial charge in [0, 0.05) is 26.2 Å². The zero-order chi connectivity index (χ0) is 15.9. The molecule has 1 aliphatic rings. The smallest absolute Gasteiger partial charge is 0.253 e. The second kappa shape index (κ2) is 8.30. The summed E-state index contributed by atoms with van der Waals surface area (Å²) in [5, 5.41) is 3.07. The van der Waals surface area contributed by atoms with Gasteiger partial charge in [-0.15, -0.1) is 0 Å². The zero-order valence-electron chi connectivity index (χ0n) is 13.9. The fourth-order valence-electron chi connectivity index (χ4n) is 3.09. The van der Waals surface area contributed by atoms with Gasteiger partial charge in [0.25, 0.3) is 5.91 Å². The number of hydrogen-bond acceptors (Lipinski definition) is 3. The molecule has 1 amide bonds. The summed E-state index contributed by atoms with van der Waals surface area (Å²) in [4.78, 5) is 14.9. The van der Waals surface area contributed by atoms with Crippen molar-refractivity contribution in [3.05, 3.63) is 35.9 Å². The molecular weight excluding hydrogens is 276 g/mol. The van der Waals surface area contributed by atoms with Crippen LogP contribution in [-0.2, 0) is 9.53 Å². The van der Waals surface area contributed by atoms with Crippen molar-refractivity contribution in [2.45, 2.75) is 38.8 Å². The number of hydrogen-bond donors (Lipinski definition) is 1. The summed E-state index contributed by atoms with van der Waals surface area (Å²) in [7, 11) is 1.58. The number of likely N-dealkylation sites (tertiary alicyclic amines) is 1. The minimum absolute atomic E-state index is 0.0460. The fraction of sp³-hybridized carbons (Fsp3) is 0.611. The number of ether oxygens (including phenoxy) is 1. The van der Waals surface area contributed by atoms with Gasteiger partial charge in [-0.05, 0) is 44.7 Å². The van der Waals surface area contributed by atoms with Crippen LogP contribution >= 0.6 is 0 Å². The quantitative estimate of drug-likeness (QED) is 0.878. The normalized spacial score (nSPS) is 20.8. The SMILES string of the molecule is COC(C(=O)NCC1CCCN(C(C)C)C1)c1ccccc1. The molecule has 0 aromatic heterocycles. The molecular formula is C18H28N2O2. The Morgan fingerprint density at radius 1 is 1.36 bits per heavy atom. The van der Waals surface area contributed by atoms with Crippen LogP contribution < -0.4 is 5.32 Å². The van der Waals surface area contributed by atoms with E-state index in [9.17, 15) is 4.79 Å². The van der Waals surface area contributed by atoms with E-state index >= 15 is 0 Å². The first-order valence-corrected chi connectivity index (χ1v) is 8.21. The number of piperidine rings is 1. The van der Waals surface area contributed by atoms with Crippen molar-refractivity contribution >= 4 is 5.91 Å². The Kier molecular flexibility index (Phi) is 6.40. The maximum Gasteiger partial charge on any atom is 0.253 e. The van der Waals surface area contributed by atoms with Crippen LogP contribution in [0, 0.1) is 5.92 Å². The Bertz CT molecular complexity index is 461. The van der Waals surface area contributed by atoms with Gasteiger partial charge >= 0.3 is 0 Å². The van der Waals surface area contributed by atoms with Gasteiger partial charge in [0.05, 0.1) is 0 Å². The predicted octanol–water partition coefficient (Wildman–Crippen LogP) is 2.61. The Morgan fingerprint density at radius 3 is 2.73 bits per heavy atom. The molecule has 0 spiro atoms. The van der Waals surface area contributed by atoms with Crippen molar-refractivity contribution in [2.75, 3.05) is 26.7 Å². The van der Waals surface area contributed by atoms with Gasteiger partial charge in [-0.2, -0.15) is 0 Å². The molecule has 0 bridgehead atoms. The van der Waals surface area contributed by atoms with Gasteiger partial charge in [-0.1, -0.05) is 30.3 Å². The molecule has 1 aromatic carbocycles. The number of carbonyl (C=O) groups excluding carboxylic acids is 1. The summed E-state index contributed by atoms with van der Waals surface area (Å²) < 4.78 is 5.37. The van der Waals surface area contributed by atoms with E-state index in [-0.39, 0.29) is 5.91 Å². The highest BCUT2D eigenvalue weighted by Gasteiger charge is 2.24. The Hall–Kier alpha value is -1.39. The van der Waals surface area contributed by atoms with Crippen LogP contribution in [0.15, 0.2) is 30.3 Å². The molecule has 1 N–H and O–H groups in total. The summed E-state index contributed by atoms with van der Waals surface area (Å²) in [5.41, 5.74) is 0.898. The van der Waals surface area contributed by atoms with Gasteiger partial charge in [0.2, 0.25) is 0 Å². The Morgan fingerprint density at radius 2 is 2.09 bits per heavy atom. The average molecular weight is 304 g/mol. The maximum absolute atomic E-state index is 12.4. The minimum atomic E-state index is -0.522. The van der Waals surface area contributed by atoms with Crippen LogP contribution in [0.1, 0.15) is 38.4 Å². The lowest BCUT2D eigenvalue weighted by atomic mass is 9.97. The monoisotopic (exact) mass is 304 g/mol. The highest BCUT2D eigenvalue weighted by molar-refractivity contribution is 5.82. The van der Waals surface area contributed by atoms with E-state index < -0.39 is 6.10 Å². The largest absolute Gasteiger partial charge is 0.367 e. The summed E-state index contributed by atoms with van der Waals surface area (Å²) in [5.74, 6) is 0.490. The summed E-state index contributed by atoms with van der Waals surface area (Å²) >= 11 is 0. The van der Waals surface area contributed by atoms with Crippen LogP contribution in [0.4, 0.5) is 0 Å². The number of nitrogens with zero attached hydrogens (tertiary/aromatic N) is 1. The lowest BCUT2D eigenvalue weighted by Gasteiger charge is -2.35. The van der Waals surface area contributed by atoms with E-state index in [1.807, 2.05) is 30.3 Å². The molecule has 4 heteroatoms. The molecule has 4 nitrogen and oxygen atoms in total. The first-order valence-electron chi connectivity index (χ1n) is 8.21. The van der Waals surface area contributed by atoms with E-state index in [1.165, 1.54) is 19.4 Å². The lowest BCUT2D eigenvalue weighted by molar-refractivity contribution is -0.131. The van der Waals surface area contributed by atoms with Crippen LogP contribution in [0.5, 0.6) is 0 Å². The third-order valence-electron chi connectivity index (χ3n) is 4.42. The van der Waals surface area contributed by atoms with E-state index in [0.29, 0.717) is 12.0 Å². The maximum atomic E-state index is 12.4. The molecule has 0 radical (unpaired) electrons. The third kappa shape index (κ3) is 4.55. The number of nitrogens with one attached hydrogen (secondary N) is 1. The second-order valence-corrected chi connectivity index (χ2v) is 6.37. The molecule has 2 atom stereocenters. The van der Waals surface area contributed by atoms with Crippen molar-refractivity contribution in [2.24, 2.45) is 5.92 Å². The van der Waals surface area contributed by atoms with Crippen LogP contribution in [0.3, 0.4) is 0 Å². The highest BCUT2D eigenvalue weighted by atomic mass is 16.5. The van der Waals surface area contributed by atoms with Gasteiger partial charge in [-0.3, -0.25) is 4.79 Å². The highest BCUT2D eigenvalue weighted by Crippen LogP contribution is 2.19. The second-order valence-electron chi connectivity index (χ2n) is 6.37. The third-order valence-corrected chi connectivity index (χ3v) is 4.42. The molecule has 2 rings (SSSR count). The van der Waals surface area contributed by atoms with Gasteiger partial charge in [0.15, 0.2) is 6.10 Å². The first-order chi connectivity index (χ1) is 10.6. The molecule has 0 aliphatic carbocycles. The van der Waals surface area contributed by atoms with E-state index in [2.05, 4.69) is 24.1 Å². The molecule has 22 heavy (non-hydrogen) atoms. The van der Waals surface area contributed by atoms with Crippen molar-refractivity contribution in [1.82, 2.24) is 10.2 Å². The van der Waals surface area contributed by atoms with Crippen molar-refractivity contribution in [3.63, 3.8) is 0 Å². The van der Waals surface area contributed by atoms with Crippen molar-refractivity contribution in [3.8, 4) is 0 Å². The standard InChI is InChI=1S/C18H28N2O2/c1-14(2)20-11-7-8-15(13-20)12-19-18(21)17(22-3)16-9-5-4-6-10-16/h4-6,9-10,14-15,17H,7-8,11-13H2,1-3H3,(H,19,21). The number of carbonyl (C=O) groups is 1. The van der Waals surface area contributed by atoms with Gasteiger partial charge in [0.1, 0.15) is 0 Å². The van der Waals surface area contributed by atoms with Gasteiger partial charge in [-0.25, -0.2) is 0 Å². The van der Waals surface area contributed by atoms with Crippen LogP contribution in [0.2, 0.25) is 0 Å². The minimum Gasteiger partial charge on any atom is -0.367 e. The molecule has 1 aliphatic heterocycles. The van der Waals surface area contributed by atoms with E-state index in [0.717, 1.165) is 18.7 Å². The molecule has 1 aromatic rings. The van der Waals surface area contributed by atoms with Crippen molar-refractivity contribution < 1.29 is 9.53 Å². The number of methoxy groups -OCH3 is 1. The fourth-order valence-corrected chi connectivity index (χ4v) is 3.09. The van der Waals surface area contributed by atoms with E-state index in [4.69, 9.17) is 4.74 Å². The number of amides is 1. The van der Waals surface area contributed by atoms with E-state index in [1.54, 1.807) is 7.11 Å². The zero-order valence-corrected chi connectivity index (χ0v) is 13.9. The van der Waals surface area contributed by atoms with Gasteiger partial charge < -0.3 is 15.0 Å². The predicted molar refractivity (Wildman–Crippen MR) is 88.6 cm³/mol. The summed E-state index contributed by atoms with van der Waals surface area (Å²) in [6, 6.07) is 10.2. The summed E-state index contributed by atoms with van der Waals surface area (Å²) in [6.45, 7) is 7.44. The Balaban J connectivity index is 1.86. The molecule has 1 saturated heterocycles. The summed E-state index contributed by atoms with van der Waals surface area (Å²) in [6.07, 6.45) is 1.88. The molecule has 1 heterocycles. The number of benzene rings is 1. The molecule has 1 fully saturated rings. The molecule has 2 unspecified atom stereocenters. The van der Waals surface area contributed by atoms with Crippen LogP contribution in [0.25, 0.3) is 0 Å². The topological polar surface area (TPSA) is 41.6 Å².